The molecule has 0 fully saturated rings. The van der Waals surface area contributed by atoms with Crippen LogP contribution in [0.5, 0.6) is 0 Å². The summed E-state index contributed by atoms with van der Waals surface area (Å²) in [5.74, 6) is -1.24. The van der Waals surface area contributed by atoms with Crippen LogP contribution in [0.4, 0.5) is 5.69 Å². The molecule has 0 saturated carbocycles. The highest BCUT2D eigenvalue weighted by atomic mass is 79.9. The fraction of sp³-hybridized carbons (Fsp3) is 0. The van der Waals surface area contributed by atoms with Crippen molar-refractivity contribution in [3.8, 4) is 0 Å². The minimum absolute atomic E-state index is 0.287. The molecule has 0 saturated heterocycles. The summed E-state index contributed by atoms with van der Waals surface area (Å²) in [5, 5.41) is 2.74. The number of benzene rings is 3. The summed E-state index contributed by atoms with van der Waals surface area (Å²) in [6.07, 6.45) is 0. The average molecular weight is 517 g/mol. The van der Waals surface area contributed by atoms with Crippen molar-refractivity contribution in [3.63, 3.8) is 0 Å². The maximum atomic E-state index is 12.3. The summed E-state index contributed by atoms with van der Waals surface area (Å²) in [5.41, 5.74) is 6.37. The van der Waals surface area contributed by atoms with Crippen LogP contribution < -0.4 is 16.2 Å². The van der Waals surface area contributed by atoms with Crippen LogP contribution in [0.2, 0.25) is 0 Å². The molecule has 146 valence electrons. The van der Waals surface area contributed by atoms with Gasteiger partial charge < -0.3 is 5.32 Å². The minimum Gasteiger partial charge on any atom is -0.322 e. The van der Waals surface area contributed by atoms with E-state index in [1.807, 2.05) is 0 Å². The minimum atomic E-state index is -0.504. The van der Waals surface area contributed by atoms with E-state index >= 15 is 0 Å². The van der Waals surface area contributed by atoms with Crippen molar-refractivity contribution >= 4 is 55.3 Å². The van der Waals surface area contributed by atoms with Crippen LogP contribution in [-0.4, -0.2) is 17.7 Å². The average Bonchev–Trinajstić information content (AvgIpc) is 2.73. The zero-order chi connectivity index (χ0) is 20.8. The fourth-order valence-corrected chi connectivity index (χ4v) is 2.93. The van der Waals surface area contributed by atoms with Crippen LogP contribution in [0.3, 0.4) is 0 Å². The molecule has 29 heavy (non-hydrogen) atoms. The Balaban J connectivity index is 1.61. The number of hydrogen-bond donors (Lipinski definition) is 3. The second-order valence-electron chi connectivity index (χ2n) is 5.96. The Bertz CT molecular complexity index is 1050. The van der Waals surface area contributed by atoms with Gasteiger partial charge in [0.25, 0.3) is 17.7 Å². The predicted molar refractivity (Wildman–Crippen MR) is 118 cm³/mol. The third-order valence-electron chi connectivity index (χ3n) is 3.89. The largest absolute Gasteiger partial charge is 0.322 e. The molecule has 6 nitrogen and oxygen atoms in total. The number of rotatable bonds is 4. The molecule has 3 rings (SSSR count). The van der Waals surface area contributed by atoms with E-state index in [-0.39, 0.29) is 11.5 Å². The molecule has 3 aromatic rings. The molecule has 3 N–H and O–H groups in total. The monoisotopic (exact) mass is 515 g/mol. The van der Waals surface area contributed by atoms with E-state index in [1.165, 1.54) is 6.07 Å². The number of carbonyl (C=O) groups is 3. The second-order valence-corrected chi connectivity index (χ2v) is 7.79. The zero-order valence-electron chi connectivity index (χ0n) is 14.9. The molecular weight excluding hydrogens is 502 g/mol. The quantitative estimate of drug-likeness (QED) is 0.445. The fourth-order valence-electron chi connectivity index (χ4n) is 2.40. The summed E-state index contributed by atoms with van der Waals surface area (Å²) < 4.78 is 1.72. The first-order valence-corrected chi connectivity index (χ1v) is 10.0. The molecule has 0 aliphatic carbocycles. The Hall–Kier alpha value is -2.97. The molecular formula is C21H15Br2N3O3. The van der Waals surface area contributed by atoms with Crippen molar-refractivity contribution in [1.29, 1.82) is 0 Å². The SMILES string of the molecule is O=C(NNC(=O)c1cccc(NC(=O)c2ccc(Br)cc2)c1)c1ccc(Br)cc1. The lowest BCUT2D eigenvalue weighted by atomic mass is 10.1. The first kappa shape index (κ1) is 20.8. The highest BCUT2D eigenvalue weighted by Gasteiger charge is 2.11. The lowest BCUT2D eigenvalue weighted by Crippen LogP contribution is -2.41. The standard InChI is InChI=1S/C21H15Br2N3O3/c22-16-8-4-13(5-9-16)19(27)24-18-3-1-2-15(12-18)21(29)26-25-20(28)14-6-10-17(23)11-7-14/h1-12H,(H,24,27)(H,25,28)(H,26,29). The van der Waals surface area contributed by atoms with Gasteiger partial charge in [-0.15, -0.1) is 0 Å². The lowest BCUT2D eigenvalue weighted by Gasteiger charge is -2.10. The molecule has 0 bridgehead atoms. The number of hydrazine groups is 1. The van der Waals surface area contributed by atoms with Gasteiger partial charge in [-0.05, 0) is 66.7 Å². The van der Waals surface area contributed by atoms with Gasteiger partial charge in [-0.2, -0.15) is 0 Å². The van der Waals surface area contributed by atoms with Gasteiger partial charge in [0.15, 0.2) is 0 Å². The summed E-state index contributed by atoms with van der Waals surface area (Å²) in [6, 6.07) is 20.1. The third-order valence-corrected chi connectivity index (χ3v) is 4.94. The van der Waals surface area contributed by atoms with Gasteiger partial charge in [0.2, 0.25) is 0 Å². The molecule has 0 unspecified atom stereocenters. The molecule has 0 heterocycles. The van der Waals surface area contributed by atoms with E-state index in [2.05, 4.69) is 48.0 Å². The molecule has 0 aromatic heterocycles. The molecule has 0 aliphatic rings. The van der Waals surface area contributed by atoms with E-state index in [1.54, 1.807) is 66.7 Å². The molecule has 3 amide bonds. The Labute approximate surface area is 183 Å². The lowest BCUT2D eigenvalue weighted by molar-refractivity contribution is 0.0846. The maximum Gasteiger partial charge on any atom is 0.269 e. The predicted octanol–water partition coefficient (Wildman–Crippen LogP) is 4.54. The van der Waals surface area contributed by atoms with Gasteiger partial charge in [0.1, 0.15) is 0 Å². The second kappa shape index (κ2) is 9.49. The smallest absolute Gasteiger partial charge is 0.269 e. The first-order valence-electron chi connectivity index (χ1n) is 8.45. The highest BCUT2D eigenvalue weighted by molar-refractivity contribution is 9.10. The van der Waals surface area contributed by atoms with E-state index in [0.717, 1.165) is 8.95 Å². The Morgan fingerprint density at radius 2 is 1.07 bits per heavy atom. The molecule has 8 heteroatoms. The number of amides is 3. The molecule has 0 atom stereocenters. The van der Waals surface area contributed by atoms with Gasteiger partial charge >= 0.3 is 0 Å². The number of hydrogen-bond acceptors (Lipinski definition) is 3. The molecule has 0 aliphatic heterocycles. The van der Waals surface area contributed by atoms with E-state index < -0.39 is 11.8 Å². The Morgan fingerprint density at radius 3 is 1.62 bits per heavy atom. The van der Waals surface area contributed by atoms with Crippen LogP contribution >= 0.6 is 31.9 Å². The van der Waals surface area contributed by atoms with Crippen molar-refractivity contribution < 1.29 is 14.4 Å². The number of anilines is 1. The molecule has 0 spiro atoms. The van der Waals surface area contributed by atoms with Crippen LogP contribution in [0.25, 0.3) is 0 Å². The molecule has 3 aromatic carbocycles. The van der Waals surface area contributed by atoms with Crippen molar-refractivity contribution in [3.05, 3.63) is 98.4 Å². The topological polar surface area (TPSA) is 87.3 Å². The Kier molecular flexibility index (Phi) is 6.79. The zero-order valence-corrected chi connectivity index (χ0v) is 18.1. The van der Waals surface area contributed by atoms with Crippen molar-refractivity contribution in [2.45, 2.75) is 0 Å². The van der Waals surface area contributed by atoms with Crippen LogP contribution in [0.15, 0.2) is 81.7 Å². The van der Waals surface area contributed by atoms with Crippen molar-refractivity contribution in [2.24, 2.45) is 0 Å². The van der Waals surface area contributed by atoms with Crippen LogP contribution in [0.1, 0.15) is 31.1 Å². The summed E-state index contributed by atoms with van der Waals surface area (Å²) in [7, 11) is 0. The summed E-state index contributed by atoms with van der Waals surface area (Å²) in [4.78, 5) is 36.7. The number of halogens is 2. The van der Waals surface area contributed by atoms with Crippen molar-refractivity contribution in [1.82, 2.24) is 10.9 Å². The normalized spacial score (nSPS) is 10.1. The maximum absolute atomic E-state index is 12.3. The first-order chi connectivity index (χ1) is 13.9. The van der Waals surface area contributed by atoms with Crippen molar-refractivity contribution in [2.75, 3.05) is 5.32 Å². The van der Waals surface area contributed by atoms with E-state index in [0.29, 0.717) is 16.8 Å². The van der Waals surface area contributed by atoms with Crippen LogP contribution in [-0.2, 0) is 0 Å². The third kappa shape index (κ3) is 5.75. The van der Waals surface area contributed by atoms with E-state index in [9.17, 15) is 14.4 Å². The number of carbonyl (C=O) groups excluding carboxylic acids is 3. The highest BCUT2D eigenvalue weighted by Crippen LogP contribution is 2.15. The molecule has 0 radical (unpaired) electrons. The van der Waals surface area contributed by atoms with Gasteiger partial charge in [-0.1, -0.05) is 37.9 Å². The van der Waals surface area contributed by atoms with Gasteiger partial charge in [-0.25, -0.2) is 0 Å². The van der Waals surface area contributed by atoms with Crippen LogP contribution in [0, 0.1) is 0 Å². The van der Waals surface area contributed by atoms with Gasteiger partial charge in [0, 0.05) is 31.3 Å². The van der Waals surface area contributed by atoms with Gasteiger partial charge in [-0.3, -0.25) is 25.2 Å². The Morgan fingerprint density at radius 1 is 0.586 bits per heavy atom. The summed E-state index contributed by atoms with van der Waals surface area (Å²) in [6.45, 7) is 0. The number of nitrogens with one attached hydrogen (secondary N) is 3. The van der Waals surface area contributed by atoms with Gasteiger partial charge in [0.05, 0.1) is 0 Å². The van der Waals surface area contributed by atoms with E-state index in [4.69, 9.17) is 0 Å². The summed E-state index contributed by atoms with van der Waals surface area (Å²) >= 11 is 6.62.